The van der Waals surface area contributed by atoms with Crippen molar-refractivity contribution in [2.75, 3.05) is 6.61 Å². The van der Waals surface area contributed by atoms with E-state index in [0.717, 1.165) is 19.3 Å². The zero-order chi connectivity index (χ0) is 21.5. The molecule has 5 atom stereocenters. The van der Waals surface area contributed by atoms with Gasteiger partial charge in [-0.25, -0.2) is 0 Å². The van der Waals surface area contributed by atoms with Crippen molar-refractivity contribution < 1.29 is 34.7 Å². The van der Waals surface area contributed by atoms with Crippen LogP contribution in [0.5, 0.6) is 0 Å². The molecule has 1 heterocycles. The summed E-state index contributed by atoms with van der Waals surface area (Å²) in [7, 11) is 0. The Morgan fingerprint density at radius 3 is 1.72 bits per heavy atom. The molecule has 0 aromatic heterocycles. The molecule has 0 amide bonds. The zero-order valence-electron chi connectivity index (χ0n) is 18.0. The van der Waals surface area contributed by atoms with E-state index in [9.17, 15) is 25.2 Å². The van der Waals surface area contributed by atoms with Gasteiger partial charge in [0.05, 0.1) is 0 Å². The summed E-state index contributed by atoms with van der Waals surface area (Å²) in [5.74, 6) is -0.390. The summed E-state index contributed by atoms with van der Waals surface area (Å²) in [5, 5.41) is 38.3. The molecule has 0 bridgehead atoms. The minimum absolute atomic E-state index is 0.265. The molecule has 1 aliphatic heterocycles. The summed E-state index contributed by atoms with van der Waals surface area (Å²) in [6.07, 6.45) is 9.16. The van der Waals surface area contributed by atoms with Crippen LogP contribution in [0.3, 0.4) is 0 Å². The number of carbonyl (C=O) groups is 1. The Balaban J connectivity index is 1.93. The Morgan fingerprint density at radius 2 is 1.21 bits per heavy atom. The third-order valence-electron chi connectivity index (χ3n) is 5.58. The maximum Gasteiger partial charge on any atom is 0.305 e. The monoisotopic (exact) mass is 418 g/mol. The predicted octanol–water partition coefficient (Wildman–Crippen LogP) is 2.81. The van der Waals surface area contributed by atoms with Gasteiger partial charge in [0.1, 0.15) is 31.0 Å². The van der Waals surface area contributed by atoms with Gasteiger partial charge in [-0.15, -0.1) is 0 Å². The SMILES string of the molecule is CCCCCCCCCCCCCCCC(=O)OC[C@H]1OC(O)[C@@H](O)[C@@H](O)[C@@H]1O. The summed E-state index contributed by atoms with van der Waals surface area (Å²) in [4.78, 5) is 11.8. The number of aliphatic hydroxyl groups excluding tert-OH is 4. The van der Waals surface area contributed by atoms with E-state index in [2.05, 4.69) is 6.92 Å². The molecule has 0 saturated carbocycles. The number of rotatable bonds is 16. The first-order chi connectivity index (χ1) is 14.0. The Hall–Kier alpha value is -0.730. The van der Waals surface area contributed by atoms with Crippen molar-refractivity contribution in [2.45, 2.75) is 128 Å². The van der Waals surface area contributed by atoms with Gasteiger partial charge in [0.15, 0.2) is 6.29 Å². The van der Waals surface area contributed by atoms with Crippen LogP contribution in [0.2, 0.25) is 0 Å². The predicted molar refractivity (Wildman–Crippen MR) is 110 cm³/mol. The fourth-order valence-corrected chi connectivity index (χ4v) is 3.60. The van der Waals surface area contributed by atoms with E-state index < -0.39 is 30.7 Å². The smallest absolute Gasteiger partial charge is 0.305 e. The second kappa shape index (κ2) is 16.0. The summed E-state index contributed by atoms with van der Waals surface area (Å²) in [5.41, 5.74) is 0. The van der Waals surface area contributed by atoms with Gasteiger partial charge in [-0.2, -0.15) is 0 Å². The highest BCUT2D eigenvalue weighted by Crippen LogP contribution is 2.20. The standard InChI is InChI=1S/C22H42O7/c1-2-3-4-5-6-7-8-9-10-11-12-13-14-15-18(23)28-16-17-19(24)20(25)21(26)22(27)29-17/h17,19-22,24-27H,2-16H2,1H3/t17-,19-,20+,21+,22?/m1/s1. The minimum Gasteiger partial charge on any atom is -0.463 e. The highest BCUT2D eigenvalue weighted by Gasteiger charge is 2.43. The minimum atomic E-state index is -1.61. The molecule has 4 N–H and O–H groups in total. The van der Waals surface area contributed by atoms with Crippen LogP contribution in [-0.4, -0.2) is 63.7 Å². The van der Waals surface area contributed by atoms with Crippen molar-refractivity contribution >= 4 is 5.97 Å². The van der Waals surface area contributed by atoms with E-state index in [1.807, 2.05) is 0 Å². The van der Waals surface area contributed by atoms with Crippen molar-refractivity contribution in [3.8, 4) is 0 Å². The quantitative estimate of drug-likeness (QED) is 0.225. The van der Waals surface area contributed by atoms with Gasteiger partial charge in [-0.3, -0.25) is 4.79 Å². The third-order valence-corrected chi connectivity index (χ3v) is 5.58. The summed E-state index contributed by atoms with van der Waals surface area (Å²) >= 11 is 0. The zero-order valence-corrected chi connectivity index (χ0v) is 18.0. The lowest BCUT2D eigenvalue weighted by Crippen LogP contribution is -2.58. The highest BCUT2D eigenvalue weighted by atomic mass is 16.6. The fraction of sp³-hybridized carbons (Fsp3) is 0.955. The van der Waals surface area contributed by atoms with Crippen LogP contribution < -0.4 is 0 Å². The molecule has 7 heteroatoms. The summed E-state index contributed by atoms with van der Waals surface area (Å²) < 4.78 is 10.0. The first kappa shape index (κ1) is 26.3. The Morgan fingerprint density at radius 1 is 0.724 bits per heavy atom. The topological polar surface area (TPSA) is 116 Å². The average Bonchev–Trinajstić information content (AvgIpc) is 2.71. The van der Waals surface area contributed by atoms with Crippen molar-refractivity contribution in [1.82, 2.24) is 0 Å². The molecule has 0 spiro atoms. The molecule has 1 rings (SSSR count). The normalized spacial score (nSPS) is 27.1. The Kier molecular flexibility index (Phi) is 14.5. The molecule has 1 aliphatic rings. The molecule has 1 fully saturated rings. The molecule has 0 aromatic rings. The van der Waals surface area contributed by atoms with Crippen molar-refractivity contribution in [3.63, 3.8) is 0 Å². The lowest BCUT2D eigenvalue weighted by Gasteiger charge is -2.37. The summed E-state index contributed by atoms with van der Waals surface area (Å²) in [6, 6.07) is 0. The first-order valence-corrected chi connectivity index (χ1v) is 11.5. The molecular formula is C22H42O7. The van der Waals surface area contributed by atoms with Gasteiger partial charge in [0.25, 0.3) is 0 Å². The van der Waals surface area contributed by atoms with Crippen LogP contribution in [0.1, 0.15) is 96.8 Å². The van der Waals surface area contributed by atoms with E-state index >= 15 is 0 Å². The van der Waals surface area contributed by atoms with Gasteiger partial charge in [0, 0.05) is 6.42 Å². The van der Waals surface area contributed by atoms with E-state index in [1.54, 1.807) is 0 Å². The molecule has 29 heavy (non-hydrogen) atoms. The van der Waals surface area contributed by atoms with E-state index in [0.29, 0.717) is 6.42 Å². The van der Waals surface area contributed by atoms with Crippen LogP contribution in [0.4, 0.5) is 0 Å². The van der Waals surface area contributed by atoms with Crippen molar-refractivity contribution in [3.05, 3.63) is 0 Å². The Labute approximate surface area is 175 Å². The maximum atomic E-state index is 11.8. The molecule has 7 nitrogen and oxygen atoms in total. The van der Waals surface area contributed by atoms with Gasteiger partial charge < -0.3 is 29.9 Å². The van der Waals surface area contributed by atoms with Gasteiger partial charge in [-0.1, -0.05) is 84.0 Å². The maximum absolute atomic E-state index is 11.8. The number of hydrogen-bond donors (Lipinski definition) is 4. The number of esters is 1. The lowest BCUT2D eigenvalue weighted by molar-refractivity contribution is -0.287. The van der Waals surface area contributed by atoms with Crippen LogP contribution >= 0.6 is 0 Å². The van der Waals surface area contributed by atoms with Gasteiger partial charge in [-0.05, 0) is 6.42 Å². The van der Waals surface area contributed by atoms with E-state index in [1.165, 1.54) is 64.2 Å². The van der Waals surface area contributed by atoms with Crippen molar-refractivity contribution in [1.29, 1.82) is 0 Å². The molecule has 0 aromatic carbocycles. The van der Waals surface area contributed by atoms with E-state index in [-0.39, 0.29) is 12.6 Å². The van der Waals surface area contributed by atoms with Crippen LogP contribution in [0.15, 0.2) is 0 Å². The molecular weight excluding hydrogens is 376 g/mol. The molecule has 1 saturated heterocycles. The fourth-order valence-electron chi connectivity index (χ4n) is 3.60. The van der Waals surface area contributed by atoms with Gasteiger partial charge >= 0.3 is 5.97 Å². The Bertz CT molecular complexity index is 418. The second-order valence-electron chi connectivity index (χ2n) is 8.21. The number of ether oxygens (including phenoxy) is 2. The lowest BCUT2D eigenvalue weighted by atomic mass is 9.99. The third kappa shape index (κ3) is 11.3. The second-order valence-corrected chi connectivity index (χ2v) is 8.21. The molecule has 172 valence electrons. The molecule has 1 unspecified atom stereocenters. The largest absolute Gasteiger partial charge is 0.463 e. The highest BCUT2D eigenvalue weighted by molar-refractivity contribution is 5.69. The van der Waals surface area contributed by atoms with Crippen LogP contribution in [-0.2, 0) is 14.3 Å². The van der Waals surface area contributed by atoms with E-state index in [4.69, 9.17) is 9.47 Å². The van der Waals surface area contributed by atoms with Gasteiger partial charge in [0.2, 0.25) is 0 Å². The summed E-state index contributed by atoms with van der Waals surface area (Å²) in [6.45, 7) is 1.98. The first-order valence-electron chi connectivity index (χ1n) is 11.5. The number of aliphatic hydroxyl groups is 4. The average molecular weight is 419 g/mol. The number of unbranched alkanes of at least 4 members (excludes halogenated alkanes) is 12. The molecule has 0 aliphatic carbocycles. The van der Waals surface area contributed by atoms with Crippen LogP contribution in [0, 0.1) is 0 Å². The number of hydrogen-bond acceptors (Lipinski definition) is 7. The number of carbonyl (C=O) groups excluding carboxylic acids is 1. The van der Waals surface area contributed by atoms with Crippen molar-refractivity contribution in [2.24, 2.45) is 0 Å². The van der Waals surface area contributed by atoms with Crippen LogP contribution in [0.25, 0.3) is 0 Å². The molecule has 0 radical (unpaired) electrons.